The van der Waals surface area contributed by atoms with Crippen LogP contribution in [0.5, 0.6) is 0 Å². The van der Waals surface area contributed by atoms with Gasteiger partial charge >= 0.3 is 0 Å². The van der Waals surface area contributed by atoms with Crippen LogP contribution in [0.3, 0.4) is 0 Å². The van der Waals surface area contributed by atoms with E-state index in [0.717, 1.165) is 23.5 Å². The van der Waals surface area contributed by atoms with Crippen LogP contribution in [0, 0.1) is 6.92 Å². The van der Waals surface area contributed by atoms with Gasteiger partial charge in [-0.1, -0.05) is 6.92 Å². The molecule has 2 aromatic heterocycles. The normalized spacial score (nSPS) is 10.2. The molecule has 1 amide bonds. The monoisotopic (exact) mass is 285 g/mol. The fourth-order valence-corrected chi connectivity index (χ4v) is 1.81. The first kappa shape index (κ1) is 14.9. The molecule has 110 valence electrons. The fraction of sp³-hybridized carbons (Fsp3) is 0.333. The van der Waals surface area contributed by atoms with E-state index in [1.165, 1.54) is 0 Å². The third-order valence-electron chi connectivity index (χ3n) is 3.02. The molecule has 0 aromatic carbocycles. The molecule has 2 rings (SSSR count). The molecule has 6 heteroatoms. The van der Waals surface area contributed by atoms with Gasteiger partial charge in [-0.25, -0.2) is 4.98 Å². The number of nitrogens with one attached hydrogen (secondary N) is 2. The van der Waals surface area contributed by atoms with Crippen LogP contribution in [0.2, 0.25) is 0 Å². The lowest BCUT2D eigenvalue weighted by molar-refractivity contribution is 0.0950. The molecule has 0 spiro atoms. The van der Waals surface area contributed by atoms with Gasteiger partial charge < -0.3 is 10.6 Å². The Kier molecular flexibility index (Phi) is 4.81. The van der Waals surface area contributed by atoms with Gasteiger partial charge in [-0.15, -0.1) is 0 Å². The van der Waals surface area contributed by atoms with Crippen LogP contribution in [0.4, 0.5) is 5.82 Å². The van der Waals surface area contributed by atoms with E-state index in [2.05, 4.69) is 25.6 Å². The summed E-state index contributed by atoms with van der Waals surface area (Å²) in [5.74, 6) is 0.542. The lowest BCUT2D eigenvalue weighted by Gasteiger charge is -2.08. The number of aryl methyl sites for hydroxylation is 2. The van der Waals surface area contributed by atoms with Crippen molar-refractivity contribution in [3.8, 4) is 0 Å². The Morgan fingerprint density at radius 3 is 2.62 bits per heavy atom. The Morgan fingerprint density at radius 2 is 2.00 bits per heavy atom. The molecule has 0 atom stereocenters. The Hall–Kier alpha value is -2.50. The predicted molar refractivity (Wildman–Crippen MR) is 81.1 cm³/mol. The van der Waals surface area contributed by atoms with Crippen molar-refractivity contribution in [3.05, 3.63) is 47.2 Å². The van der Waals surface area contributed by atoms with E-state index >= 15 is 0 Å². The fourth-order valence-electron chi connectivity index (χ4n) is 1.81. The first-order chi connectivity index (χ1) is 10.1. The summed E-state index contributed by atoms with van der Waals surface area (Å²) in [5.41, 5.74) is 3.05. The van der Waals surface area contributed by atoms with Gasteiger partial charge in [-0.3, -0.25) is 14.8 Å². The van der Waals surface area contributed by atoms with Crippen molar-refractivity contribution in [2.75, 3.05) is 12.4 Å². The van der Waals surface area contributed by atoms with Crippen LogP contribution in [0.15, 0.2) is 24.5 Å². The van der Waals surface area contributed by atoms with Gasteiger partial charge in [-0.2, -0.15) is 0 Å². The van der Waals surface area contributed by atoms with Crippen molar-refractivity contribution in [3.63, 3.8) is 0 Å². The number of amides is 1. The number of rotatable bonds is 5. The van der Waals surface area contributed by atoms with E-state index in [1.54, 1.807) is 31.6 Å². The molecule has 0 unspecified atom stereocenters. The third-order valence-corrected chi connectivity index (χ3v) is 3.02. The number of nitrogens with zero attached hydrogens (tertiary/aromatic N) is 3. The van der Waals surface area contributed by atoms with E-state index in [4.69, 9.17) is 0 Å². The quantitative estimate of drug-likeness (QED) is 0.874. The number of anilines is 1. The average Bonchev–Trinajstić information content (AvgIpc) is 2.53. The van der Waals surface area contributed by atoms with E-state index in [1.807, 2.05) is 13.8 Å². The summed E-state index contributed by atoms with van der Waals surface area (Å²) >= 11 is 0. The summed E-state index contributed by atoms with van der Waals surface area (Å²) in [6.07, 6.45) is 4.13. The highest BCUT2D eigenvalue weighted by Crippen LogP contribution is 2.11. The number of aromatic nitrogens is 3. The van der Waals surface area contributed by atoms with Gasteiger partial charge in [-0.05, 0) is 25.5 Å². The summed E-state index contributed by atoms with van der Waals surface area (Å²) < 4.78 is 0. The van der Waals surface area contributed by atoms with Gasteiger partial charge in [0.05, 0.1) is 24.1 Å². The largest absolute Gasteiger partial charge is 0.373 e. The molecular weight excluding hydrogens is 266 g/mol. The molecule has 0 fully saturated rings. The summed E-state index contributed by atoms with van der Waals surface area (Å²) in [4.78, 5) is 24.9. The standard InChI is InChI=1S/C15H19N5O/c1-4-12-5-11(6-14(16-3)20-12)15(21)19-9-13-8-17-10(2)7-18-13/h5-8H,4,9H2,1-3H3,(H,16,20)(H,19,21). The number of carbonyl (C=O) groups is 1. The van der Waals surface area contributed by atoms with Crippen LogP contribution in [-0.4, -0.2) is 27.9 Å². The zero-order chi connectivity index (χ0) is 15.2. The summed E-state index contributed by atoms with van der Waals surface area (Å²) in [6.45, 7) is 4.23. The average molecular weight is 285 g/mol. The number of carbonyl (C=O) groups excluding carboxylic acids is 1. The topological polar surface area (TPSA) is 79.8 Å². The molecule has 0 saturated heterocycles. The molecule has 0 aliphatic carbocycles. The van der Waals surface area contributed by atoms with E-state index in [0.29, 0.717) is 17.9 Å². The zero-order valence-electron chi connectivity index (χ0n) is 12.5. The number of hydrogen-bond acceptors (Lipinski definition) is 5. The minimum Gasteiger partial charge on any atom is -0.373 e. The maximum absolute atomic E-state index is 12.2. The zero-order valence-corrected chi connectivity index (χ0v) is 12.5. The lowest BCUT2D eigenvalue weighted by Crippen LogP contribution is -2.24. The molecule has 2 heterocycles. The highest BCUT2D eigenvalue weighted by Gasteiger charge is 2.09. The van der Waals surface area contributed by atoms with Gasteiger partial charge in [0.15, 0.2) is 0 Å². The molecular formula is C15H19N5O. The van der Waals surface area contributed by atoms with E-state index in [-0.39, 0.29) is 5.91 Å². The maximum atomic E-state index is 12.2. The van der Waals surface area contributed by atoms with Crippen molar-refractivity contribution in [1.82, 2.24) is 20.3 Å². The Balaban J connectivity index is 2.07. The SMILES string of the molecule is CCc1cc(C(=O)NCc2cnc(C)cn2)cc(NC)n1. The first-order valence-corrected chi connectivity index (χ1v) is 6.86. The van der Waals surface area contributed by atoms with Gasteiger partial charge in [0.1, 0.15) is 5.82 Å². The molecule has 6 nitrogen and oxygen atoms in total. The second-order valence-corrected chi connectivity index (χ2v) is 4.67. The first-order valence-electron chi connectivity index (χ1n) is 6.86. The summed E-state index contributed by atoms with van der Waals surface area (Å²) in [7, 11) is 1.78. The maximum Gasteiger partial charge on any atom is 0.251 e. The molecule has 2 N–H and O–H groups in total. The number of hydrogen-bond donors (Lipinski definition) is 2. The molecule has 21 heavy (non-hydrogen) atoms. The van der Waals surface area contributed by atoms with Crippen LogP contribution in [-0.2, 0) is 13.0 Å². The van der Waals surface area contributed by atoms with Crippen LogP contribution in [0.1, 0.15) is 34.4 Å². The highest BCUT2D eigenvalue weighted by atomic mass is 16.1. The van der Waals surface area contributed by atoms with Gasteiger partial charge in [0.2, 0.25) is 0 Å². The Morgan fingerprint density at radius 1 is 1.19 bits per heavy atom. The van der Waals surface area contributed by atoms with Gasteiger partial charge in [0, 0.05) is 24.5 Å². The van der Waals surface area contributed by atoms with Crippen molar-refractivity contribution >= 4 is 11.7 Å². The third kappa shape index (κ3) is 3.98. The molecule has 0 aliphatic rings. The van der Waals surface area contributed by atoms with Crippen molar-refractivity contribution < 1.29 is 4.79 Å². The van der Waals surface area contributed by atoms with Crippen LogP contribution >= 0.6 is 0 Å². The Labute approximate surface area is 124 Å². The Bertz CT molecular complexity index is 602. The summed E-state index contributed by atoms with van der Waals surface area (Å²) in [5, 5.41) is 5.80. The molecule has 0 saturated carbocycles. The molecule has 0 radical (unpaired) electrons. The minimum atomic E-state index is -0.147. The lowest BCUT2D eigenvalue weighted by atomic mass is 10.2. The minimum absolute atomic E-state index is 0.147. The highest BCUT2D eigenvalue weighted by molar-refractivity contribution is 5.94. The smallest absolute Gasteiger partial charge is 0.251 e. The second kappa shape index (κ2) is 6.78. The predicted octanol–water partition coefficient (Wildman–Crippen LogP) is 1.71. The molecule has 2 aromatic rings. The van der Waals surface area contributed by atoms with Crippen molar-refractivity contribution in [2.45, 2.75) is 26.8 Å². The van der Waals surface area contributed by atoms with Crippen molar-refractivity contribution in [2.24, 2.45) is 0 Å². The van der Waals surface area contributed by atoms with Crippen LogP contribution < -0.4 is 10.6 Å². The van der Waals surface area contributed by atoms with Crippen molar-refractivity contribution in [1.29, 1.82) is 0 Å². The van der Waals surface area contributed by atoms with E-state index in [9.17, 15) is 4.79 Å². The summed E-state index contributed by atoms with van der Waals surface area (Å²) in [6, 6.07) is 3.53. The molecule has 0 aliphatic heterocycles. The molecule has 0 bridgehead atoms. The number of pyridine rings is 1. The van der Waals surface area contributed by atoms with E-state index < -0.39 is 0 Å². The second-order valence-electron chi connectivity index (χ2n) is 4.67. The van der Waals surface area contributed by atoms with Crippen LogP contribution in [0.25, 0.3) is 0 Å². The van der Waals surface area contributed by atoms with Gasteiger partial charge in [0.25, 0.3) is 5.91 Å².